The minimum atomic E-state index is -3.59. The molecule has 2 aromatic rings. The largest absolute Gasteiger partial charge is 0.497 e. The Bertz CT molecular complexity index is 768. The van der Waals surface area contributed by atoms with Crippen molar-refractivity contribution < 1.29 is 17.9 Å². The fraction of sp³-hybridized carbons (Fsp3) is 0.375. The van der Waals surface area contributed by atoms with Gasteiger partial charge in [0.1, 0.15) is 5.75 Å². The van der Waals surface area contributed by atoms with Gasteiger partial charge in [-0.25, -0.2) is 8.42 Å². The molecule has 6 nitrogen and oxygen atoms in total. The van der Waals surface area contributed by atoms with Crippen molar-refractivity contribution in [3.05, 3.63) is 48.3 Å². The van der Waals surface area contributed by atoms with Crippen LogP contribution >= 0.6 is 0 Å². The SMILES string of the molecule is COc1ccc(S(=O)(=O)N2Cc3cccn3CC(OC)C2)cc1. The quantitative estimate of drug-likeness (QED) is 0.853. The van der Waals surface area contributed by atoms with Gasteiger partial charge in [-0.05, 0) is 36.4 Å². The Morgan fingerprint density at radius 1 is 1.09 bits per heavy atom. The molecule has 3 rings (SSSR count). The van der Waals surface area contributed by atoms with Gasteiger partial charge in [-0.3, -0.25) is 0 Å². The topological polar surface area (TPSA) is 60.8 Å². The zero-order valence-electron chi connectivity index (χ0n) is 13.2. The van der Waals surface area contributed by atoms with E-state index < -0.39 is 10.0 Å². The summed E-state index contributed by atoms with van der Waals surface area (Å²) in [4.78, 5) is 0.258. The molecular formula is C16H20N2O4S. The molecule has 0 amide bonds. The second-order valence-corrected chi connectivity index (χ2v) is 7.42. The first-order valence-electron chi connectivity index (χ1n) is 7.35. The highest BCUT2D eigenvalue weighted by Crippen LogP contribution is 2.24. The zero-order valence-corrected chi connectivity index (χ0v) is 14.0. The highest BCUT2D eigenvalue weighted by molar-refractivity contribution is 7.89. The molecule has 1 aromatic heterocycles. The predicted molar refractivity (Wildman–Crippen MR) is 85.8 cm³/mol. The maximum absolute atomic E-state index is 13.0. The fourth-order valence-corrected chi connectivity index (χ4v) is 4.19. The van der Waals surface area contributed by atoms with Crippen LogP contribution < -0.4 is 4.74 Å². The van der Waals surface area contributed by atoms with Gasteiger partial charge in [-0.1, -0.05) is 0 Å². The summed E-state index contributed by atoms with van der Waals surface area (Å²) < 4.78 is 40.0. The van der Waals surface area contributed by atoms with E-state index in [9.17, 15) is 8.42 Å². The van der Waals surface area contributed by atoms with Gasteiger partial charge in [0.2, 0.25) is 10.0 Å². The number of fused-ring (bicyclic) bond motifs is 1. The van der Waals surface area contributed by atoms with Crippen LogP contribution in [-0.4, -0.2) is 44.2 Å². The van der Waals surface area contributed by atoms with Gasteiger partial charge in [-0.2, -0.15) is 4.31 Å². The summed E-state index contributed by atoms with van der Waals surface area (Å²) in [5.41, 5.74) is 0.960. The summed E-state index contributed by atoms with van der Waals surface area (Å²) in [5, 5.41) is 0. The first-order valence-corrected chi connectivity index (χ1v) is 8.79. The van der Waals surface area contributed by atoms with E-state index in [1.807, 2.05) is 22.9 Å². The van der Waals surface area contributed by atoms with Crippen LogP contribution in [0.4, 0.5) is 0 Å². The molecule has 0 fully saturated rings. The second-order valence-electron chi connectivity index (χ2n) is 5.48. The summed E-state index contributed by atoms with van der Waals surface area (Å²) in [7, 11) is -0.430. The van der Waals surface area contributed by atoms with Crippen LogP contribution in [0.3, 0.4) is 0 Å². The van der Waals surface area contributed by atoms with Crippen LogP contribution in [0, 0.1) is 0 Å². The lowest BCUT2D eigenvalue weighted by molar-refractivity contribution is 0.0770. The number of hydrogen-bond donors (Lipinski definition) is 0. The minimum Gasteiger partial charge on any atom is -0.497 e. The third-order valence-electron chi connectivity index (χ3n) is 4.10. The van der Waals surface area contributed by atoms with Crippen molar-refractivity contribution in [1.82, 2.24) is 8.87 Å². The van der Waals surface area contributed by atoms with E-state index in [0.29, 0.717) is 25.4 Å². The molecule has 1 aliphatic heterocycles. The Hall–Kier alpha value is -1.83. The van der Waals surface area contributed by atoms with Gasteiger partial charge in [0.25, 0.3) is 0 Å². The van der Waals surface area contributed by atoms with Crippen LogP contribution in [0.5, 0.6) is 5.75 Å². The maximum atomic E-state index is 13.0. The molecule has 1 atom stereocenters. The molecule has 1 unspecified atom stereocenters. The van der Waals surface area contributed by atoms with E-state index in [1.165, 1.54) is 4.31 Å². The van der Waals surface area contributed by atoms with E-state index in [0.717, 1.165) is 5.69 Å². The molecule has 1 aliphatic rings. The molecule has 0 saturated carbocycles. The number of benzene rings is 1. The first-order chi connectivity index (χ1) is 11.0. The third-order valence-corrected chi connectivity index (χ3v) is 5.93. The number of nitrogens with zero attached hydrogens (tertiary/aromatic N) is 2. The number of sulfonamides is 1. The van der Waals surface area contributed by atoms with Gasteiger partial charge >= 0.3 is 0 Å². The number of rotatable bonds is 4. The lowest BCUT2D eigenvalue weighted by Crippen LogP contribution is -2.36. The van der Waals surface area contributed by atoms with Crippen LogP contribution in [0.1, 0.15) is 5.69 Å². The van der Waals surface area contributed by atoms with Crippen LogP contribution in [-0.2, 0) is 27.8 Å². The summed E-state index contributed by atoms with van der Waals surface area (Å²) in [6.45, 7) is 1.31. The van der Waals surface area contributed by atoms with Crippen molar-refractivity contribution in [3.63, 3.8) is 0 Å². The van der Waals surface area contributed by atoms with E-state index in [2.05, 4.69) is 0 Å². The van der Waals surface area contributed by atoms with Crippen molar-refractivity contribution in [2.45, 2.75) is 24.1 Å². The average Bonchev–Trinajstić information content (AvgIpc) is 2.92. The Morgan fingerprint density at radius 3 is 2.48 bits per heavy atom. The van der Waals surface area contributed by atoms with Gasteiger partial charge in [-0.15, -0.1) is 0 Å². The molecule has 0 bridgehead atoms. The lowest BCUT2D eigenvalue weighted by Gasteiger charge is -2.23. The van der Waals surface area contributed by atoms with Crippen LogP contribution in [0.2, 0.25) is 0 Å². The predicted octanol–water partition coefficient (Wildman–Crippen LogP) is 1.72. The molecule has 7 heteroatoms. The van der Waals surface area contributed by atoms with Gasteiger partial charge in [0.05, 0.1) is 24.7 Å². The van der Waals surface area contributed by atoms with E-state index in [4.69, 9.17) is 9.47 Å². The van der Waals surface area contributed by atoms with E-state index in [1.54, 1.807) is 38.5 Å². The standard InChI is InChI=1S/C16H20N2O4S/c1-21-14-5-7-16(8-6-14)23(19,20)18-10-13-4-3-9-17(13)11-15(12-18)22-2/h3-9,15H,10-12H2,1-2H3. The number of methoxy groups -OCH3 is 2. The van der Waals surface area contributed by atoms with Gasteiger partial charge in [0.15, 0.2) is 0 Å². The normalized spacial score (nSPS) is 19.1. The van der Waals surface area contributed by atoms with Crippen molar-refractivity contribution in [1.29, 1.82) is 0 Å². The fourth-order valence-electron chi connectivity index (χ4n) is 2.75. The summed E-state index contributed by atoms with van der Waals surface area (Å²) in [6, 6.07) is 10.3. The Balaban J connectivity index is 1.94. The van der Waals surface area contributed by atoms with Crippen molar-refractivity contribution in [3.8, 4) is 5.75 Å². The highest BCUT2D eigenvalue weighted by Gasteiger charge is 2.30. The molecule has 0 spiro atoms. The zero-order chi connectivity index (χ0) is 16.4. The minimum absolute atomic E-state index is 0.184. The van der Waals surface area contributed by atoms with Gasteiger partial charge < -0.3 is 14.0 Å². The second kappa shape index (κ2) is 6.35. The highest BCUT2D eigenvalue weighted by atomic mass is 32.2. The Morgan fingerprint density at radius 2 is 1.83 bits per heavy atom. The smallest absolute Gasteiger partial charge is 0.243 e. The average molecular weight is 336 g/mol. The summed E-state index contributed by atoms with van der Waals surface area (Å²) in [5.74, 6) is 0.628. The number of aromatic nitrogens is 1. The maximum Gasteiger partial charge on any atom is 0.243 e. The summed E-state index contributed by atoms with van der Waals surface area (Å²) in [6.07, 6.45) is 1.77. The Kier molecular flexibility index (Phi) is 4.43. The van der Waals surface area contributed by atoms with Crippen molar-refractivity contribution in [2.24, 2.45) is 0 Å². The molecule has 0 radical (unpaired) electrons. The van der Waals surface area contributed by atoms with Crippen molar-refractivity contribution >= 4 is 10.0 Å². The molecule has 2 heterocycles. The molecular weight excluding hydrogens is 316 g/mol. The van der Waals surface area contributed by atoms with Gasteiger partial charge in [0, 0.05) is 32.1 Å². The lowest BCUT2D eigenvalue weighted by atomic mass is 10.3. The summed E-state index contributed by atoms with van der Waals surface area (Å²) >= 11 is 0. The molecule has 0 saturated heterocycles. The van der Waals surface area contributed by atoms with E-state index in [-0.39, 0.29) is 11.0 Å². The van der Waals surface area contributed by atoms with Crippen LogP contribution in [0.25, 0.3) is 0 Å². The molecule has 23 heavy (non-hydrogen) atoms. The third kappa shape index (κ3) is 3.12. The van der Waals surface area contributed by atoms with Crippen molar-refractivity contribution in [2.75, 3.05) is 20.8 Å². The molecule has 0 N–H and O–H groups in total. The molecule has 0 aliphatic carbocycles. The van der Waals surface area contributed by atoms with Crippen LogP contribution in [0.15, 0.2) is 47.5 Å². The Labute approximate surface area is 136 Å². The number of hydrogen-bond acceptors (Lipinski definition) is 4. The monoisotopic (exact) mass is 336 g/mol. The first kappa shape index (κ1) is 16.0. The number of ether oxygens (including phenoxy) is 2. The molecule has 124 valence electrons. The van der Waals surface area contributed by atoms with E-state index >= 15 is 0 Å². The molecule has 1 aromatic carbocycles.